The van der Waals surface area contributed by atoms with E-state index < -0.39 is 0 Å². The molecule has 0 radical (unpaired) electrons. The molecule has 0 aromatic carbocycles. The van der Waals surface area contributed by atoms with Crippen molar-refractivity contribution >= 4 is 11.9 Å². The third-order valence-electron chi connectivity index (χ3n) is 2.99. The van der Waals surface area contributed by atoms with E-state index in [0.29, 0.717) is 13.0 Å². The summed E-state index contributed by atoms with van der Waals surface area (Å²) in [6, 6.07) is 0. The minimum atomic E-state index is -0.377. The Balaban J connectivity index is 2.29. The van der Waals surface area contributed by atoms with E-state index in [1.165, 1.54) is 12.0 Å². The quantitative estimate of drug-likeness (QED) is 0.652. The molecule has 1 unspecified atom stereocenters. The first-order valence-corrected chi connectivity index (χ1v) is 6.13. The van der Waals surface area contributed by atoms with Crippen molar-refractivity contribution in [3.05, 3.63) is 0 Å². The minimum Gasteiger partial charge on any atom is -0.468 e. The summed E-state index contributed by atoms with van der Waals surface area (Å²) in [4.78, 5) is 24.5. The number of likely N-dealkylation sites (N-methyl/N-ethyl adjacent to an activating group) is 1. The van der Waals surface area contributed by atoms with Gasteiger partial charge >= 0.3 is 5.97 Å². The number of carbonyl (C=O) groups excluding carboxylic acids is 2. The lowest BCUT2D eigenvalue weighted by Crippen LogP contribution is -2.36. The zero-order valence-electron chi connectivity index (χ0n) is 10.6. The Kier molecular flexibility index (Phi) is 5.97. The SMILES string of the molecule is CCN(CC(=O)OC)C(=O)CCC1CCCO1. The number of hydrogen-bond acceptors (Lipinski definition) is 4. The Morgan fingerprint density at radius 2 is 2.24 bits per heavy atom. The van der Waals surface area contributed by atoms with E-state index in [2.05, 4.69) is 4.74 Å². The van der Waals surface area contributed by atoms with Gasteiger partial charge in [-0.1, -0.05) is 0 Å². The first-order chi connectivity index (χ1) is 8.17. The van der Waals surface area contributed by atoms with Crippen molar-refractivity contribution in [1.29, 1.82) is 0 Å². The molecule has 17 heavy (non-hydrogen) atoms. The van der Waals surface area contributed by atoms with E-state index in [1.807, 2.05) is 6.92 Å². The van der Waals surface area contributed by atoms with Gasteiger partial charge in [-0.25, -0.2) is 0 Å². The average molecular weight is 243 g/mol. The van der Waals surface area contributed by atoms with Crippen molar-refractivity contribution in [3.63, 3.8) is 0 Å². The molecule has 0 aliphatic carbocycles. The molecule has 1 fully saturated rings. The summed E-state index contributed by atoms with van der Waals surface area (Å²) >= 11 is 0. The van der Waals surface area contributed by atoms with Gasteiger partial charge in [0.15, 0.2) is 0 Å². The summed E-state index contributed by atoms with van der Waals surface area (Å²) in [6.45, 7) is 3.22. The van der Waals surface area contributed by atoms with E-state index in [9.17, 15) is 9.59 Å². The van der Waals surface area contributed by atoms with Crippen LogP contribution in [-0.4, -0.2) is 49.7 Å². The zero-order valence-corrected chi connectivity index (χ0v) is 10.6. The summed E-state index contributed by atoms with van der Waals surface area (Å²) in [5.74, 6) is -0.384. The summed E-state index contributed by atoms with van der Waals surface area (Å²) < 4.78 is 10.0. The summed E-state index contributed by atoms with van der Waals surface area (Å²) in [5.41, 5.74) is 0. The van der Waals surface area contributed by atoms with Crippen LogP contribution in [0.15, 0.2) is 0 Å². The first kappa shape index (κ1) is 14.0. The van der Waals surface area contributed by atoms with Gasteiger partial charge in [-0.3, -0.25) is 9.59 Å². The van der Waals surface area contributed by atoms with Crippen LogP contribution in [0.5, 0.6) is 0 Å². The summed E-state index contributed by atoms with van der Waals surface area (Å²) in [5, 5.41) is 0. The molecule has 1 saturated heterocycles. The normalized spacial score (nSPS) is 19.1. The minimum absolute atomic E-state index is 0.00611. The van der Waals surface area contributed by atoms with Crippen LogP contribution in [-0.2, 0) is 19.1 Å². The average Bonchev–Trinajstić information content (AvgIpc) is 2.85. The van der Waals surface area contributed by atoms with Crippen molar-refractivity contribution in [2.24, 2.45) is 0 Å². The molecule has 1 heterocycles. The van der Waals surface area contributed by atoms with Gasteiger partial charge in [-0.15, -0.1) is 0 Å². The highest BCUT2D eigenvalue weighted by atomic mass is 16.5. The highest BCUT2D eigenvalue weighted by molar-refractivity contribution is 5.81. The molecule has 1 atom stereocenters. The van der Waals surface area contributed by atoms with Crippen LogP contribution < -0.4 is 0 Å². The number of carbonyl (C=O) groups is 2. The smallest absolute Gasteiger partial charge is 0.325 e. The van der Waals surface area contributed by atoms with Crippen molar-refractivity contribution < 1.29 is 19.1 Å². The van der Waals surface area contributed by atoms with E-state index in [1.54, 1.807) is 0 Å². The molecule has 1 aliphatic heterocycles. The number of rotatable bonds is 6. The second-order valence-electron chi connectivity index (χ2n) is 4.16. The lowest BCUT2D eigenvalue weighted by molar-refractivity contribution is -0.147. The van der Waals surface area contributed by atoms with Crippen LogP contribution in [0.2, 0.25) is 0 Å². The Hall–Kier alpha value is -1.10. The number of esters is 1. The molecule has 1 rings (SSSR count). The van der Waals surface area contributed by atoms with Crippen LogP contribution in [0, 0.1) is 0 Å². The fraction of sp³-hybridized carbons (Fsp3) is 0.833. The molecule has 1 amide bonds. The van der Waals surface area contributed by atoms with Gasteiger partial charge in [0.2, 0.25) is 5.91 Å². The van der Waals surface area contributed by atoms with Crippen molar-refractivity contribution in [1.82, 2.24) is 4.90 Å². The summed E-state index contributed by atoms with van der Waals surface area (Å²) in [6.07, 6.45) is 3.52. The van der Waals surface area contributed by atoms with Crippen molar-refractivity contribution in [2.75, 3.05) is 26.8 Å². The highest BCUT2D eigenvalue weighted by Crippen LogP contribution is 2.17. The number of ether oxygens (including phenoxy) is 2. The largest absolute Gasteiger partial charge is 0.468 e. The molecule has 0 bridgehead atoms. The maximum atomic E-state index is 11.8. The highest BCUT2D eigenvalue weighted by Gasteiger charge is 2.20. The van der Waals surface area contributed by atoms with Crippen LogP contribution in [0.25, 0.3) is 0 Å². The Bertz CT molecular complexity index is 261. The number of amides is 1. The maximum Gasteiger partial charge on any atom is 0.325 e. The fourth-order valence-electron chi connectivity index (χ4n) is 1.91. The molecule has 0 aromatic rings. The Morgan fingerprint density at radius 3 is 2.76 bits per heavy atom. The van der Waals surface area contributed by atoms with Crippen molar-refractivity contribution in [3.8, 4) is 0 Å². The molecule has 0 saturated carbocycles. The Labute approximate surface area is 102 Å². The number of methoxy groups -OCH3 is 1. The maximum absolute atomic E-state index is 11.8. The second-order valence-corrected chi connectivity index (χ2v) is 4.16. The molecule has 1 aliphatic rings. The van der Waals surface area contributed by atoms with Crippen LogP contribution >= 0.6 is 0 Å². The third-order valence-corrected chi connectivity index (χ3v) is 2.99. The molecule has 5 heteroatoms. The first-order valence-electron chi connectivity index (χ1n) is 6.13. The van der Waals surface area contributed by atoms with E-state index in [0.717, 1.165) is 25.9 Å². The number of nitrogens with zero attached hydrogens (tertiary/aromatic N) is 1. The van der Waals surface area contributed by atoms with Gasteiger partial charge in [-0.05, 0) is 26.2 Å². The molecule has 5 nitrogen and oxygen atoms in total. The zero-order chi connectivity index (χ0) is 12.7. The molecule has 0 aromatic heterocycles. The molecule has 98 valence electrons. The van der Waals surface area contributed by atoms with E-state index in [4.69, 9.17) is 4.74 Å². The van der Waals surface area contributed by atoms with Crippen LogP contribution in [0.1, 0.15) is 32.6 Å². The van der Waals surface area contributed by atoms with E-state index in [-0.39, 0.29) is 24.5 Å². The van der Waals surface area contributed by atoms with E-state index >= 15 is 0 Å². The third kappa shape index (κ3) is 4.73. The van der Waals surface area contributed by atoms with Gasteiger partial charge in [0.05, 0.1) is 13.2 Å². The van der Waals surface area contributed by atoms with Crippen LogP contribution in [0.4, 0.5) is 0 Å². The van der Waals surface area contributed by atoms with Gasteiger partial charge < -0.3 is 14.4 Å². The van der Waals surface area contributed by atoms with Gasteiger partial charge in [0, 0.05) is 19.6 Å². The topological polar surface area (TPSA) is 55.8 Å². The van der Waals surface area contributed by atoms with Gasteiger partial charge in [0.1, 0.15) is 6.54 Å². The Morgan fingerprint density at radius 1 is 1.47 bits per heavy atom. The fourth-order valence-corrected chi connectivity index (χ4v) is 1.91. The monoisotopic (exact) mass is 243 g/mol. The molecular weight excluding hydrogens is 222 g/mol. The molecule has 0 spiro atoms. The standard InChI is InChI=1S/C12H21NO4/c1-3-13(9-12(15)16-2)11(14)7-6-10-5-4-8-17-10/h10H,3-9H2,1-2H3. The van der Waals surface area contributed by atoms with Crippen molar-refractivity contribution in [2.45, 2.75) is 38.7 Å². The second kappa shape index (κ2) is 7.27. The number of hydrogen-bond donors (Lipinski definition) is 0. The predicted molar refractivity (Wildman–Crippen MR) is 62.5 cm³/mol. The van der Waals surface area contributed by atoms with Gasteiger partial charge in [-0.2, -0.15) is 0 Å². The summed E-state index contributed by atoms with van der Waals surface area (Å²) in [7, 11) is 1.33. The predicted octanol–water partition coefficient (Wildman–Crippen LogP) is 0.967. The van der Waals surface area contributed by atoms with Gasteiger partial charge in [0.25, 0.3) is 0 Å². The molecule has 0 N–H and O–H groups in total. The molecular formula is C12H21NO4. The lowest BCUT2D eigenvalue weighted by Gasteiger charge is -2.20. The lowest BCUT2D eigenvalue weighted by atomic mass is 10.1. The van der Waals surface area contributed by atoms with Crippen LogP contribution in [0.3, 0.4) is 0 Å².